The minimum atomic E-state index is -0.662. The number of hydrazone groups is 1. The summed E-state index contributed by atoms with van der Waals surface area (Å²) in [5.41, 5.74) is 5.10. The second-order valence-electron chi connectivity index (χ2n) is 9.89. The van der Waals surface area contributed by atoms with E-state index < -0.39 is 22.8 Å². The number of nitro groups is 1. The van der Waals surface area contributed by atoms with Crippen LogP contribution in [0.2, 0.25) is 5.02 Å². The molecular formula is C32H32ClN5O8S. The molecule has 1 atom stereocenters. The number of para-hydroxylation sites is 1. The molecule has 3 N–H and O–H groups in total. The Bertz CT molecular complexity index is 1710. The number of benzene rings is 3. The smallest absolute Gasteiger partial charge is 0.338 e. The number of hydrogen-bond acceptors (Lipinski definition) is 10. The molecule has 3 aromatic carbocycles. The van der Waals surface area contributed by atoms with Crippen molar-refractivity contribution in [2.75, 3.05) is 19.8 Å². The summed E-state index contributed by atoms with van der Waals surface area (Å²) in [5.74, 6) is -0.0364. The summed E-state index contributed by atoms with van der Waals surface area (Å²) in [7, 11) is 0. The lowest BCUT2D eigenvalue weighted by molar-refractivity contribution is -0.384. The van der Waals surface area contributed by atoms with Crippen LogP contribution >= 0.6 is 23.8 Å². The van der Waals surface area contributed by atoms with Gasteiger partial charge in [0, 0.05) is 23.4 Å². The fraction of sp³-hybridized carbons (Fsp3) is 0.250. The molecule has 0 radical (unpaired) electrons. The maximum absolute atomic E-state index is 12.8. The maximum Gasteiger partial charge on any atom is 0.338 e. The number of rotatable bonds is 14. The number of nitro benzene ring substituents is 1. The first kappa shape index (κ1) is 34.7. The first-order valence-electron chi connectivity index (χ1n) is 14.4. The Hall–Kier alpha value is -5.21. The molecule has 3 aromatic rings. The Morgan fingerprint density at radius 1 is 1.06 bits per heavy atom. The van der Waals surface area contributed by atoms with Gasteiger partial charge in [0.2, 0.25) is 0 Å². The number of esters is 1. The van der Waals surface area contributed by atoms with Gasteiger partial charge in [-0.1, -0.05) is 29.8 Å². The van der Waals surface area contributed by atoms with Crippen molar-refractivity contribution in [2.45, 2.75) is 33.4 Å². The molecule has 1 aliphatic heterocycles. The quantitative estimate of drug-likeness (QED) is 0.0681. The summed E-state index contributed by atoms with van der Waals surface area (Å²) in [6.07, 6.45) is 1.39. The fourth-order valence-electron chi connectivity index (χ4n) is 4.55. The minimum absolute atomic E-state index is 0.0225. The zero-order valence-electron chi connectivity index (χ0n) is 25.7. The third kappa shape index (κ3) is 9.17. The predicted octanol–water partition coefficient (Wildman–Crippen LogP) is 5.11. The van der Waals surface area contributed by atoms with Gasteiger partial charge >= 0.3 is 5.97 Å². The number of nitrogens with zero attached hydrogens (tertiary/aromatic N) is 2. The van der Waals surface area contributed by atoms with E-state index in [9.17, 15) is 19.7 Å². The maximum atomic E-state index is 12.8. The Labute approximate surface area is 281 Å². The van der Waals surface area contributed by atoms with E-state index in [0.717, 1.165) is 0 Å². The van der Waals surface area contributed by atoms with Crippen molar-refractivity contribution in [3.8, 4) is 17.2 Å². The van der Waals surface area contributed by atoms with Crippen LogP contribution in [-0.2, 0) is 20.9 Å². The molecule has 0 saturated heterocycles. The molecule has 0 unspecified atom stereocenters. The summed E-state index contributed by atoms with van der Waals surface area (Å²) in [5, 5.41) is 21.5. The molecule has 1 heterocycles. The molecule has 15 heteroatoms. The highest BCUT2D eigenvalue weighted by Gasteiger charge is 2.32. The molecule has 13 nitrogen and oxygen atoms in total. The van der Waals surface area contributed by atoms with Gasteiger partial charge < -0.3 is 29.6 Å². The van der Waals surface area contributed by atoms with Gasteiger partial charge in [0.1, 0.15) is 12.4 Å². The monoisotopic (exact) mass is 681 g/mol. The van der Waals surface area contributed by atoms with Crippen molar-refractivity contribution in [3.63, 3.8) is 0 Å². The summed E-state index contributed by atoms with van der Waals surface area (Å²) >= 11 is 11.8. The lowest BCUT2D eigenvalue weighted by Crippen LogP contribution is -2.45. The standard InChI is InChI=1S/C32H32ClN5O8S/c1-4-43-26-15-21(14-24(33)30(26)46-17-20-10-12-22(13-11-20)38(41)42)16-34-37-27(39)18-45-25-9-7-6-8-23(25)29-28(31(40)44-5-2)19(3)35-32(47)36-29/h6-16,29H,4-5,17-18H2,1-3H3,(H,37,39)(H2,35,36,47)/t29-/m1/s1. The zero-order valence-corrected chi connectivity index (χ0v) is 27.3. The summed E-state index contributed by atoms with van der Waals surface area (Å²) in [4.78, 5) is 35.8. The lowest BCUT2D eigenvalue weighted by Gasteiger charge is -2.30. The summed E-state index contributed by atoms with van der Waals surface area (Å²) < 4.78 is 22.7. The minimum Gasteiger partial charge on any atom is -0.490 e. The molecule has 0 bridgehead atoms. The topological polar surface area (TPSA) is 163 Å². The molecule has 0 saturated carbocycles. The molecule has 0 spiro atoms. The van der Waals surface area contributed by atoms with Crippen LogP contribution in [0.3, 0.4) is 0 Å². The second kappa shape index (κ2) is 16.4. The number of hydrogen-bond donors (Lipinski definition) is 3. The van der Waals surface area contributed by atoms with Gasteiger partial charge in [-0.2, -0.15) is 5.10 Å². The van der Waals surface area contributed by atoms with Crippen LogP contribution in [0.1, 0.15) is 43.5 Å². The number of carbonyl (C=O) groups is 2. The van der Waals surface area contributed by atoms with E-state index in [1.165, 1.54) is 18.3 Å². The molecule has 1 amide bonds. The first-order valence-corrected chi connectivity index (χ1v) is 15.2. The van der Waals surface area contributed by atoms with Crippen LogP contribution < -0.4 is 30.3 Å². The van der Waals surface area contributed by atoms with Crippen molar-refractivity contribution in [2.24, 2.45) is 5.10 Å². The number of ether oxygens (including phenoxy) is 4. The Morgan fingerprint density at radius 3 is 2.51 bits per heavy atom. The second-order valence-corrected chi connectivity index (χ2v) is 10.7. The molecule has 1 aliphatic rings. The fourth-order valence-corrected chi connectivity index (χ4v) is 5.09. The Kier molecular flexibility index (Phi) is 12.1. The number of nitrogens with one attached hydrogen (secondary N) is 3. The van der Waals surface area contributed by atoms with E-state index in [4.69, 9.17) is 42.8 Å². The molecule has 0 aliphatic carbocycles. The number of allylic oxidation sites excluding steroid dienone is 1. The number of non-ortho nitro benzene ring substituents is 1. The van der Waals surface area contributed by atoms with Crippen LogP contribution in [0, 0.1) is 10.1 Å². The van der Waals surface area contributed by atoms with Crippen molar-refractivity contribution in [1.29, 1.82) is 0 Å². The molecule has 0 fully saturated rings. The van der Waals surface area contributed by atoms with E-state index >= 15 is 0 Å². The summed E-state index contributed by atoms with van der Waals surface area (Å²) in [6.45, 7) is 5.51. The zero-order chi connectivity index (χ0) is 33.9. The normalized spacial score (nSPS) is 14.2. The lowest BCUT2D eigenvalue weighted by atomic mass is 9.95. The van der Waals surface area contributed by atoms with Gasteiger partial charge in [0.15, 0.2) is 23.2 Å². The third-order valence-electron chi connectivity index (χ3n) is 6.62. The highest BCUT2D eigenvalue weighted by Crippen LogP contribution is 2.37. The van der Waals surface area contributed by atoms with Crippen molar-refractivity contribution in [3.05, 3.63) is 104 Å². The molecule has 4 rings (SSSR count). The number of halogens is 1. The van der Waals surface area contributed by atoms with Gasteiger partial charge in [-0.05, 0) is 74.4 Å². The predicted molar refractivity (Wildman–Crippen MR) is 179 cm³/mol. The summed E-state index contributed by atoms with van der Waals surface area (Å²) in [6, 6.07) is 15.5. The highest BCUT2D eigenvalue weighted by molar-refractivity contribution is 7.80. The average Bonchev–Trinajstić information content (AvgIpc) is 3.03. The van der Waals surface area contributed by atoms with Crippen LogP contribution in [0.25, 0.3) is 0 Å². The van der Waals surface area contributed by atoms with Crippen LogP contribution in [0.15, 0.2) is 77.0 Å². The SMILES string of the molecule is CCOC(=O)C1=C(C)NC(=S)N[C@@H]1c1ccccc1OCC(=O)NN=Cc1cc(Cl)c(OCc2ccc([N+](=O)[O-])cc2)c(OCC)c1. The number of amides is 1. The van der Waals surface area contributed by atoms with Gasteiger partial charge in [-0.25, -0.2) is 10.2 Å². The van der Waals surface area contributed by atoms with E-state index in [1.807, 2.05) is 0 Å². The first-order chi connectivity index (χ1) is 22.6. The van der Waals surface area contributed by atoms with Gasteiger partial charge in [0.25, 0.3) is 11.6 Å². The van der Waals surface area contributed by atoms with Crippen LogP contribution in [0.4, 0.5) is 5.69 Å². The Balaban J connectivity index is 1.40. The van der Waals surface area contributed by atoms with E-state index in [1.54, 1.807) is 69.3 Å². The third-order valence-corrected chi connectivity index (χ3v) is 7.12. The van der Waals surface area contributed by atoms with Crippen LogP contribution in [0.5, 0.6) is 17.2 Å². The van der Waals surface area contributed by atoms with E-state index in [2.05, 4.69) is 21.2 Å². The highest BCUT2D eigenvalue weighted by atomic mass is 35.5. The van der Waals surface area contributed by atoms with Gasteiger partial charge in [-0.15, -0.1) is 0 Å². The molecule has 0 aromatic heterocycles. The number of carbonyl (C=O) groups excluding carboxylic acids is 2. The van der Waals surface area contributed by atoms with Gasteiger partial charge in [-0.3, -0.25) is 14.9 Å². The molecule has 47 heavy (non-hydrogen) atoms. The molecular weight excluding hydrogens is 650 g/mol. The average molecular weight is 682 g/mol. The Morgan fingerprint density at radius 2 is 1.81 bits per heavy atom. The largest absolute Gasteiger partial charge is 0.490 e. The van der Waals surface area contributed by atoms with E-state index in [-0.39, 0.29) is 30.5 Å². The van der Waals surface area contributed by atoms with Crippen molar-refractivity contribution < 1.29 is 33.5 Å². The van der Waals surface area contributed by atoms with Crippen molar-refractivity contribution >= 4 is 52.7 Å². The molecule has 246 valence electrons. The van der Waals surface area contributed by atoms with Crippen molar-refractivity contribution in [1.82, 2.24) is 16.1 Å². The number of thiocarbonyl (C=S) groups is 1. The van der Waals surface area contributed by atoms with Gasteiger partial charge in [0.05, 0.1) is 41.0 Å². The van der Waals surface area contributed by atoms with Crippen LogP contribution in [-0.4, -0.2) is 47.9 Å². The van der Waals surface area contributed by atoms with E-state index in [0.29, 0.717) is 56.9 Å².